The van der Waals surface area contributed by atoms with Crippen LogP contribution < -0.4 is 5.32 Å². The number of aliphatic carboxylic acids is 1. The van der Waals surface area contributed by atoms with Crippen LogP contribution in [0.3, 0.4) is 0 Å². The Morgan fingerprint density at radius 3 is 2.27 bits per heavy atom. The normalized spacial score (nSPS) is 13.2. The molecule has 1 aliphatic rings. The number of rotatable bonds is 8. The zero-order valence-corrected chi connectivity index (χ0v) is 20.1. The summed E-state index contributed by atoms with van der Waals surface area (Å²) in [7, 11) is 0. The smallest absolute Gasteiger partial charge is 0.407 e. The van der Waals surface area contributed by atoms with Gasteiger partial charge in [-0.2, -0.15) is 0 Å². The SMILES string of the molecule is O=C(O)CCC(Cc1ccc(Cl)c(Br)c1)NC(=O)OCC1c2ccccc2-c2ccccc21. The highest BCUT2D eigenvalue weighted by atomic mass is 79.9. The minimum atomic E-state index is -0.911. The molecular weight excluding hydrogens is 506 g/mol. The zero-order chi connectivity index (χ0) is 23.4. The average Bonchev–Trinajstić information content (AvgIpc) is 3.12. The third kappa shape index (κ3) is 5.57. The van der Waals surface area contributed by atoms with Gasteiger partial charge in [0.25, 0.3) is 0 Å². The van der Waals surface area contributed by atoms with E-state index in [9.17, 15) is 9.59 Å². The van der Waals surface area contributed by atoms with E-state index in [1.807, 2.05) is 36.4 Å². The molecule has 0 heterocycles. The van der Waals surface area contributed by atoms with Crippen molar-refractivity contribution in [1.82, 2.24) is 5.32 Å². The number of carboxylic acids is 1. The fourth-order valence-electron chi connectivity index (χ4n) is 4.28. The lowest BCUT2D eigenvalue weighted by atomic mass is 9.98. The summed E-state index contributed by atoms with van der Waals surface area (Å²) in [6, 6.07) is 21.4. The fraction of sp³-hybridized carbons (Fsp3) is 0.231. The maximum absolute atomic E-state index is 12.7. The van der Waals surface area contributed by atoms with E-state index in [1.165, 1.54) is 0 Å². The molecule has 1 unspecified atom stereocenters. The molecule has 2 N–H and O–H groups in total. The Balaban J connectivity index is 1.43. The second-order valence-electron chi connectivity index (χ2n) is 8.05. The maximum atomic E-state index is 12.7. The summed E-state index contributed by atoms with van der Waals surface area (Å²) in [4.78, 5) is 23.8. The number of fused-ring (bicyclic) bond motifs is 3. The van der Waals surface area contributed by atoms with Crippen LogP contribution >= 0.6 is 27.5 Å². The first-order valence-electron chi connectivity index (χ1n) is 10.7. The minimum absolute atomic E-state index is 0.0344. The number of benzene rings is 3. The summed E-state index contributed by atoms with van der Waals surface area (Å²) in [5.74, 6) is -0.945. The summed E-state index contributed by atoms with van der Waals surface area (Å²) < 4.78 is 6.38. The molecule has 33 heavy (non-hydrogen) atoms. The van der Waals surface area contributed by atoms with Gasteiger partial charge in [-0.25, -0.2) is 4.79 Å². The number of carbonyl (C=O) groups excluding carboxylic acids is 1. The first-order chi connectivity index (χ1) is 15.9. The second kappa shape index (κ2) is 10.4. The minimum Gasteiger partial charge on any atom is -0.481 e. The van der Waals surface area contributed by atoms with Gasteiger partial charge in [0.1, 0.15) is 6.61 Å². The molecule has 4 rings (SSSR count). The Kier molecular flexibility index (Phi) is 7.36. The predicted octanol–water partition coefficient (Wildman–Crippen LogP) is 6.42. The van der Waals surface area contributed by atoms with Crippen LogP contribution in [0.4, 0.5) is 4.79 Å². The van der Waals surface area contributed by atoms with E-state index in [4.69, 9.17) is 21.4 Å². The topological polar surface area (TPSA) is 75.6 Å². The monoisotopic (exact) mass is 527 g/mol. The Labute approximate surface area is 205 Å². The fourth-order valence-corrected chi connectivity index (χ4v) is 4.82. The van der Waals surface area contributed by atoms with Gasteiger partial charge in [0.15, 0.2) is 0 Å². The van der Waals surface area contributed by atoms with Gasteiger partial charge < -0.3 is 15.2 Å². The average molecular weight is 529 g/mol. The number of ether oxygens (including phenoxy) is 1. The van der Waals surface area contributed by atoms with Gasteiger partial charge in [-0.1, -0.05) is 66.2 Å². The molecule has 0 spiro atoms. The van der Waals surface area contributed by atoms with E-state index in [0.717, 1.165) is 32.3 Å². The molecule has 0 saturated carbocycles. The number of alkyl carbamates (subject to hydrolysis) is 1. The molecular formula is C26H23BrClNO4. The van der Waals surface area contributed by atoms with Crippen molar-refractivity contribution in [3.05, 3.63) is 92.9 Å². The lowest BCUT2D eigenvalue weighted by Crippen LogP contribution is -2.37. The van der Waals surface area contributed by atoms with Crippen molar-refractivity contribution in [2.45, 2.75) is 31.2 Å². The van der Waals surface area contributed by atoms with Crippen molar-refractivity contribution in [3.63, 3.8) is 0 Å². The van der Waals surface area contributed by atoms with Gasteiger partial charge in [0.05, 0.1) is 5.02 Å². The molecule has 170 valence electrons. The molecule has 1 aliphatic carbocycles. The van der Waals surface area contributed by atoms with Crippen LogP contribution in [-0.4, -0.2) is 29.8 Å². The Hall–Kier alpha value is -2.83. The van der Waals surface area contributed by atoms with Crippen molar-refractivity contribution in [3.8, 4) is 11.1 Å². The van der Waals surface area contributed by atoms with E-state index in [2.05, 4.69) is 45.5 Å². The van der Waals surface area contributed by atoms with Gasteiger partial charge in [-0.3, -0.25) is 4.79 Å². The molecule has 3 aromatic rings. The lowest BCUT2D eigenvalue weighted by molar-refractivity contribution is -0.137. The Morgan fingerprint density at radius 2 is 1.67 bits per heavy atom. The molecule has 3 aromatic carbocycles. The van der Waals surface area contributed by atoms with Gasteiger partial charge in [0.2, 0.25) is 0 Å². The molecule has 5 nitrogen and oxygen atoms in total. The van der Waals surface area contributed by atoms with E-state index in [-0.39, 0.29) is 25.0 Å². The maximum Gasteiger partial charge on any atom is 0.407 e. The van der Waals surface area contributed by atoms with E-state index >= 15 is 0 Å². The van der Waals surface area contributed by atoms with E-state index < -0.39 is 12.1 Å². The standard InChI is InChI=1S/C26H23BrClNO4/c27-23-14-16(9-11-24(23)28)13-17(10-12-25(30)31)29-26(32)33-15-22-20-7-3-1-5-18(20)19-6-2-4-8-21(19)22/h1-9,11,14,17,22H,10,12-13,15H2,(H,29,32)(H,30,31). The van der Waals surface area contributed by atoms with Gasteiger partial charge in [-0.05, 0) is 68.7 Å². The second-order valence-corrected chi connectivity index (χ2v) is 9.31. The first kappa shape index (κ1) is 23.3. The summed E-state index contributed by atoms with van der Waals surface area (Å²) >= 11 is 9.47. The predicted molar refractivity (Wildman–Crippen MR) is 132 cm³/mol. The summed E-state index contributed by atoms with van der Waals surface area (Å²) in [6.45, 7) is 0.206. The highest BCUT2D eigenvalue weighted by Crippen LogP contribution is 2.44. The highest BCUT2D eigenvalue weighted by molar-refractivity contribution is 9.10. The van der Waals surface area contributed by atoms with Crippen LogP contribution in [0.2, 0.25) is 5.02 Å². The molecule has 1 amide bonds. The van der Waals surface area contributed by atoms with Crippen LogP contribution in [0.1, 0.15) is 35.4 Å². The number of carbonyl (C=O) groups is 2. The molecule has 0 aromatic heterocycles. The number of hydrogen-bond donors (Lipinski definition) is 2. The largest absolute Gasteiger partial charge is 0.481 e. The van der Waals surface area contributed by atoms with E-state index in [0.29, 0.717) is 17.9 Å². The van der Waals surface area contributed by atoms with Crippen molar-refractivity contribution < 1.29 is 19.4 Å². The van der Waals surface area contributed by atoms with Gasteiger partial charge in [-0.15, -0.1) is 0 Å². The number of nitrogens with one attached hydrogen (secondary N) is 1. The number of hydrogen-bond acceptors (Lipinski definition) is 3. The molecule has 7 heteroatoms. The van der Waals surface area contributed by atoms with Crippen molar-refractivity contribution in [2.75, 3.05) is 6.61 Å². The molecule has 0 fully saturated rings. The van der Waals surface area contributed by atoms with Crippen molar-refractivity contribution in [2.24, 2.45) is 0 Å². The van der Waals surface area contributed by atoms with Crippen molar-refractivity contribution in [1.29, 1.82) is 0 Å². The van der Waals surface area contributed by atoms with Crippen LogP contribution in [0.5, 0.6) is 0 Å². The lowest BCUT2D eigenvalue weighted by Gasteiger charge is -2.20. The van der Waals surface area contributed by atoms with E-state index in [1.54, 1.807) is 6.07 Å². The summed E-state index contributed by atoms with van der Waals surface area (Å²) in [6.07, 6.45) is 0.149. The molecule has 0 bridgehead atoms. The third-order valence-corrected chi connectivity index (χ3v) is 7.05. The van der Waals surface area contributed by atoms with Gasteiger partial charge >= 0.3 is 12.1 Å². The van der Waals surface area contributed by atoms with Crippen molar-refractivity contribution >= 4 is 39.6 Å². The van der Waals surface area contributed by atoms with Crippen LogP contribution in [0, 0.1) is 0 Å². The van der Waals surface area contributed by atoms with Crippen LogP contribution in [0.15, 0.2) is 71.2 Å². The third-order valence-electron chi connectivity index (χ3n) is 5.84. The molecule has 0 saturated heterocycles. The number of amides is 1. The summed E-state index contributed by atoms with van der Waals surface area (Å²) in [5, 5.41) is 12.5. The van der Waals surface area contributed by atoms with Gasteiger partial charge in [0, 0.05) is 22.9 Å². The van der Waals surface area contributed by atoms with Crippen LogP contribution in [-0.2, 0) is 16.0 Å². The highest BCUT2D eigenvalue weighted by Gasteiger charge is 2.29. The Bertz CT molecular complexity index is 1140. The number of halogens is 2. The van der Waals surface area contributed by atoms with Crippen LogP contribution in [0.25, 0.3) is 11.1 Å². The zero-order valence-electron chi connectivity index (χ0n) is 17.8. The molecule has 0 radical (unpaired) electrons. The quantitative estimate of drug-likeness (QED) is 0.354. The molecule has 1 atom stereocenters. The number of carboxylic acid groups (broad SMARTS) is 1. The Morgan fingerprint density at radius 1 is 1.03 bits per heavy atom. The summed E-state index contributed by atoms with van der Waals surface area (Å²) in [5.41, 5.74) is 5.53. The first-order valence-corrected chi connectivity index (χ1v) is 11.9. The molecule has 0 aliphatic heterocycles.